The van der Waals surface area contributed by atoms with Gasteiger partial charge in [-0.15, -0.1) is 0 Å². The molecule has 3 heteroatoms. The van der Waals surface area contributed by atoms with Gasteiger partial charge in [0, 0.05) is 13.1 Å². The fourth-order valence-electron chi connectivity index (χ4n) is 2.14. The highest BCUT2D eigenvalue weighted by Gasteiger charge is 2.09. The number of benzene rings is 1. The average molecular weight is 265 g/mol. The summed E-state index contributed by atoms with van der Waals surface area (Å²) in [7, 11) is 1.68. The molecule has 0 amide bonds. The van der Waals surface area contributed by atoms with E-state index in [1.807, 2.05) is 12.1 Å². The second-order valence-electron chi connectivity index (χ2n) is 5.62. The number of aliphatic hydroxyl groups is 1. The van der Waals surface area contributed by atoms with Gasteiger partial charge in [-0.25, -0.2) is 0 Å². The minimum Gasteiger partial charge on any atom is -0.497 e. The highest BCUT2D eigenvalue weighted by Crippen LogP contribution is 2.18. The normalized spacial score (nSPS) is 14.4. The molecule has 0 aromatic heterocycles. The first kappa shape index (κ1) is 16.0. The fraction of sp³-hybridized carbons (Fsp3) is 0.625. The number of hydrogen-bond acceptors (Lipinski definition) is 3. The number of rotatable bonds is 8. The van der Waals surface area contributed by atoms with Crippen LogP contribution in [0.2, 0.25) is 0 Å². The van der Waals surface area contributed by atoms with E-state index in [1.165, 1.54) is 5.56 Å². The van der Waals surface area contributed by atoms with Crippen LogP contribution in [0.15, 0.2) is 24.3 Å². The molecule has 0 saturated heterocycles. The Hall–Kier alpha value is -1.06. The van der Waals surface area contributed by atoms with E-state index < -0.39 is 0 Å². The van der Waals surface area contributed by atoms with Gasteiger partial charge in [-0.05, 0) is 36.0 Å². The van der Waals surface area contributed by atoms with Crippen molar-refractivity contribution in [1.29, 1.82) is 0 Å². The van der Waals surface area contributed by atoms with Crippen molar-refractivity contribution >= 4 is 0 Å². The van der Waals surface area contributed by atoms with Crippen molar-refractivity contribution in [3.63, 3.8) is 0 Å². The van der Waals surface area contributed by atoms with E-state index in [9.17, 15) is 5.11 Å². The summed E-state index contributed by atoms with van der Waals surface area (Å²) in [6, 6.07) is 8.16. The van der Waals surface area contributed by atoms with Crippen LogP contribution >= 0.6 is 0 Å². The minimum atomic E-state index is -0.247. The van der Waals surface area contributed by atoms with E-state index >= 15 is 0 Å². The highest BCUT2D eigenvalue weighted by molar-refractivity contribution is 5.29. The second-order valence-corrected chi connectivity index (χ2v) is 5.62. The van der Waals surface area contributed by atoms with Crippen LogP contribution in [0.25, 0.3) is 0 Å². The van der Waals surface area contributed by atoms with Crippen LogP contribution < -0.4 is 10.1 Å². The number of hydrogen-bond donors (Lipinski definition) is 2. The van der Waals surface area contributed by atoms with Crippen molar-refractivity contribution in [3.05, 3.63) is 29.8 Å². The summed E-state index contributed by atoms with van der Waals surface area (Å²) < 4.78 is 5.15. The van der Waals surface area contributed by atoms with Crippen molar-refractivity contribution in [2.75, 3.05) is 20.2 Å². The van der Waals surface area contributed by atoms with E-state index in [4.69, 9.17) is 4.74 Å². The SMILES string of the molecule is COc1ccc(C(C)CNCC(O)CC(C)C)cc1. The Balaban J connectivity index is 2.32. The van der Waals surface area contributed by atoms with Crippen molar-refractivity contribution < 1.29 is 9.84 Å². The molecule has 0 radical (unpaired) electrons. The smallest absolute Gasteiger partial charge is 0.118 e. The first-order valence-corrected chi connectivity index (χ1v) is 7.05. The molecule has 1 aromatic rings. The molecule has 2 atom stereocenters. The maximum absolute atomic E-state index is 9.79. The van der Waals surface area contributed by atoms with Crippen LogP contribution in [0.4, 0.5) is 0 Å². The molecular formula is C16H27NO2. The van der Waals surface area contributed by atoms with E-state index in [0.29, 0.717) is 18.4 Å². The molecule has 0 aliphatic carbocycles. The molecule has 108 valence electrons. The highest BCUT2D eigenvalue weighted by atomic mass is 16.5. The zero-order valence-electron chi connectivity index (χ0n) is 12.5. The van der Waals surface area contributed by atoms with E-state index in [1.54, 1.807) is 7.11 Å². The molecule has 0 saturated carbocycles. The third kappa shape index (κ3) is 6.08. The van der Waals surface area contributed by atoms with Gasteiger partial charge in [0.2, 0.25) is 0 Å². The summed E-state index contributed by atoms with van der Waals surface area (Å²) in [4.78, 5) is 0. The van der Waals surface area contributed by atoms with Crippen molar-refractivity contribution in [3.8, 4) is 5.75 Å². The number of methoxy groups -OCH3 is 1. The molecule has 0 aliphatic heterocycles. The quantitative estimate of drug-likeness (QED) is 0.759. The van der Waals surface area contributed by atoms with E-state index in [0.717, 1.165) is 18.7 Å². The summed E-state index contributed by atoms with van der Waals surface area (Å²) >= 11 is 0. The summed E-state index contributed by atoms with van der Waals surface area (Å²) in [6.45, 7) is 7.98. The predicted octanol–water partition coefficient (Wildman–Crippen LogP) is 2.80. The van der Waals surface area contributed by atoms with Gasteiger partial charge in [0.05, 0.1) is 13.2 Å². The van der Waals surface area contributed by atoms with Crippen LogP contribution in [0.1, 0.15) is 38.7 Å². The molecule has 0 fully saturated rings. The maximum atomic E-state index is 9.79. The van der Waals surface area contributed by atoms with Gasteiger partial charge in [-0.1, -0.05) is 32.9 Å². The lowest BCUT2D eigenvalue weighted by Gasteiger charge is -2.17. The monoisotopic (exact) mass is 265 g/mol. The Labute approximate surface area is 117 Å². The largest absolute Gasteiger partial charge is 0.497 e. The third-order valence-corrected chi connectivity index (χ3v) is 3.26. The molecule has 0 bridgehead atoms. The summed E-state index contributed by atoms with van der Waals surface area (Å²) in [5.41, 5.74) is 1.28. The van der Waals surface area contributed by atoms with Crippen molar-refractivity contribution in [2.45, 2.75) is 39.2 Å². The van der Waals surface area contributed by atoms with Crippen LogP contribution in [-0.2, 0) is 0 Å². The van der Waals surface area contributed by atoms with Crippen molar-refractivity contribution in [2.24, 2.45) is 5.92 Å². The molecule has 0 aliphatic rings. The number of ether oxygens (including phenoxy) is 1. The molecule has 3 nitrogen and oxygen atoms in total. The lowest BCUT2D eigenvalue weighted by atomic mass is 10.0. The lowest BCUT2D eigenvalue weighted by molar-refractivity contribution is 0.146. The number of nitrogens with one attached hydrogen (secondary N) is 1. The summed E-state index contributed by atoms with van der Waals surface area (Å²) in [5, 5.41) is 13.1. The molecule has 2 N–H and O–H groups in total. The molecular weight excluding hydrogens is 238 g/mol. The van der Waals surface area contributed by atoms with Gasteiger partial charge in [-0.3, -0.25) is 0 Å². The van der Waals surface area contributed by atoms with Gasteiger partial charge in [0.1, 0.15) is 5.75 Å². The van der Waals surface area contributed by atoms with Crippen molar-refractivity contribution in [1.82, 2.24) is 5.32 Å². The topological polar surface area (TPSA) is 41.5 Å². The van der Waals surface area contributed by atoms with Crippen LogP contribution in [0, 0.1) is 5.92 Å². The van der Waals surface area contributed by atoms with Gasteiger partial charge in [0.15, 0.2) is 0 Å². The zero-order chi connectivity index (χ0) is 14.3. The third-order valence-electron chi connectivity index (χ3n) is 3.26. The summed E-state index contributed by atoms with van der Waals surface area (Å²) in [6.07, 6.45) is 0.604. The predicted molar refractivity (Wildman–Crippen MR) is 79.7 cm³/mol. The number of aliphatic hydroxyl groups excluding tert-OH is 1. The first-order valence-electron chi connectivity index (χ1n) is 7.05. The fourth-order valence-corrected chi connectivity index (χ4v) is 2.14. The Bertz CT molecular complexity index is 348. The molecule has 19 heavy (non-hydrogen) atoms. The second kappa shape index (κ2) is 8.18. The molecule has 0 heterocycles. The van der Waals surface area contributed by atoms with Gasteiger partial charge >= 0.3 is 0 Å². The zero-order valence-corrected chi connectivity index (χ0v) is 12.5. The van der Waals surface area contributed by atoms with E-state index in [-0.39, 0.29) is 6.10 Å². The van der Waals surface area contributed by atoms with Gasteiger partial charge < -0.3 is 15.2 Å². The van der Waals surface area contributed by atoms with Gasteiger partial charge in [-0.2, -0.15) is 0 Å². The maximum Gasteiger partial charge on any atom is 0.118 e. The average Bonchev–Trinajstić information content (AvgIpc) is 2.37. The van der Waals surface area contributed by atoms with Crippen LogP contribution in [0.5, 0.6) is 5.75 Å². The molecule has 2 unspecified atom stereocenters. The Morgan fingerprint density at radius 1 is 1.11 bits per heavy atom. The Morgan fingerprint density at radius 2 is 1.74 bits per heavy atom. The Kier molecular flexibility index (Phi) is 6.89. The molecule has 1 rings (SSSR count). The molecule has 0 spiro atoms. The van der Waals surface area contributed by atoms with Crippen LogP contribution in [-0.4, -0.2) is 31.4 Å². The minimum absolute atomic E-state index is 0.247. The lowest BCUT2D eigenvalue weighted by Crippen LogP contribution is -2.30. The standard InChI is InChI=1S/C16H27NO2/c1-12(2)9-15(18)11-17-10-13(3)14-5-7-16(19-4)8-6-14/h5-8,12-13,15,17-18H,9-11H2,1-4H3. The van der Waals surface area contributed by atoms with Crippen LogP contribution in [0.3, 0.4) is 0 Å². The van der Waals surface area contributed by atoms with Gasteiger partial charge in [0.25, 0.3) is 0 Å². The Morgan fingerprint density at radius 3 is 2.26 bits per heavy atom. The molecule has 1 aromatic carbocycles. The first-order chi connectivity index (χ1) is 9.02. The van der Waals surface area contributed by atoms with E-state index in [2.05, 4.69) is 38.2 Å². The summed E-state index contributed by atoms with van der Waals surface area (Å²) in [5.74, 6) is 1.85.